The fourth-order valence-electron chi connectivity index (χ4n) is 4.51. The van der Waals surface area contributed by atoms with Crippen molar-refractivity contribution in [3.8, 4) is 17.2 Å². The number of aliphatic hydroxyl groups is 2. The highest BCUT2D eigenvalue weighted by molar-refractivity contribution is 5.88. The molecule has 1 aliphatic heterocycles. The van der Waals surface area contributed by atoms with Gasteiger partial charge in [0, 0.05) is 25.3 Å². The molecule has 1 aromatic heterocycles. The Labute approximate surface area is 242 Å². The molecule has 1 atom stereocenters. The highest BCUT2D eigenvalue weighted by atomic mass is 16.7. The van der Waals surface area contributed by atoms with Crippen LogP contribution in [0.5, 0.6) is 11.5 Å². The molecule has 0 amide bonds. The van der Waals surface area contributed by atoms with E-state index in [-0.39, 0.29) is 6.79 Å². The average Bonchev–Trinajstić information content (AvgIpc) is 3.48. The third kappa shape index (κ3) is 9.03. The number of rotatable bonds is 12. The third-order valence-corrected chi connectivity index (χ3v) is 6.22. The van der Waals surface area contributed by atoms with E-state index in [2.05, 4.69) is 53.3 Å². The minimum atomic E-state index is -2.74. The van der Waals surface area contributed by atoms with Crippen LogP contribution in [-0.2, 0) is 27.5 Å². The van der Waals surface area contributed by atoms with Gasteiger partial charge in [-0.05, 0) is 62.2 Å². The Hall–Kier alpha value is -4.46. The topological polar surface area (TPSA) is 192 Å². The lowest BCUT2D eigenvalue weighted by Crippen LogP contribution is -2.42. The molecule has 0 fully saturated rings. The molecule has 226 valence electrons. The number of fused-ring (bicyclic) bond motifs is 1. The zero-order chi connectivity index (χ0) is 31.0. The van der Waals surface area contributed by atoms with Crippen molar-refractivity contribution >= 4 is 17.9 Å². The minimum absolute atomic E-state index is 0.273. The van der Waals surface area contributed by atoms with Gasteiger partial charge in [-0.1, -0.05) is 18.2 Å². The summed E-state index contributed by atoms with van der Waals surface area (Å²) >= 11 is 0. The lowest BCUT2D eigenvalue weighted by molar-refractivity contribution is -0.170. The number of aliphatic hydroxyl groups excluding tert-OH is 1. The number of benzene rings is 2. The van der Waals surface area contributed by atoms with Gasteiger partial charge in [-0.3, -0.25) is 14.5 Å². The molecule has 2 aromatic carbocycles. The molecular formula is C29H35N3O10. The fraction of sp³-hybridized carbons (Fsp3) is 0.379. The number of nitrogens with zero attached hydrogens (tertiary/aromatic N) is 3. The van der Waals surface area contributed by atoms with E-state index in [0.29, 0.717) is 13.1 Å². The number of carbonyl (C=O) groups is 3. The van der Waals surface area contributed by atoms with E-state index in [1.807, 2.05) is 30.7 Å². The average molecular weight is 586 g/mol. The number of hydrogen-bond donors (Lipinski definition) is 5. The van der Waals surface area contributed by atoms with Gasteiger partial charge in [0.1, 0.15) is 0 Å². The Morgan fingerprint density at radius 2 is 1.57 bits per heavy atom. The van der Waals surface area contributed by atoms with Gasteiger partial charge in [0.25, 0.3) is 0 Å². The molecular weight excluding hydrogens is 550 g/mol. The quantitative estimate of drug-likeness (QED) is 0.209. The number of aromatic nitrogens is 2. The Bertz CT molecular complexity index is 1400. The van der Waals surface area contributed by atoms with Crippen LogP contribution in [0.2, 0.25) is 0 Å². The maximum Gasteiger partial charge on any atom is 0.336 e. The summed E-state index contributed by atoms with van der Waals surface area (Å²) in [5.41, 5.74) is 2.74. The summed E-state index contributed by atoms with van der Waals surface area (Å²) in [6.45, 7) is 8.18. The van der Waals surface area contributed by atoms with Crippen molar-refractivity contribution in [1.82, 2.24) is 14.7 Å². The van der Waals surface area contributed by atoms with Gasteiger partial charge in [0.2, 0.25) is 6.79 Å². The van der Waals surface area contributed by atoms with Gasteiger partial charge in [0.05, 0.1) is 30.3 Å². The van der Waals surface area contributed by atoms with Crippen LogP contribution in [0.15, 0.2) is 48.5 Å². The van der Waals surface area contributed by atoms with Crippen molar-refractivity contribution in [2.75, 3.05) is 13.3 Å². The first-order chi connectivity index (χ1) is 19.8. The van der Waals surface area contributed by atoms with Gasteiger partial charge >= 0.3 is 17.9 Å². The molecule has 0 spiro atoms. The largest absolute Gasteiger partial charge is 0.481 e. The standard InChI is InChI=1S/C23H27N3O3.C6H8O7/c1-16-9-17(2)26(24-16)21-6-4-5-19(10-21)13-25(12-18(3)27)14-20-7-8-22-23(11-20)29-15-28-22;7-3(8)1-6(13,5(11)12)2-4(9)10/h4-11,18,27H,12-15H2,1-3H3;13H,1-2H2,(H,7,8)(H,9,10)(H,11,12). The highest BCUT2D eigenvalue weighted by Gasteiger charge is 2.40. The SMILES string of the molecule is Cc1cc(C)n(-c2cccc(CN(Cc3ccc4c(c3)OCO4)CC(C)O)c2)n1.O=C(O)CC(O)(CC(=O)O)C(=O)O. The Balaban J connectivity index is 0.000000316. The van der Waals surface area contributed by atoms with E-state index < -0.39 is 42.5 Å². The van der Waals surface area contributed by atoms with E-state index in [1.165, 1.54) is 5.56 Å². The second kappa shape index (κ2) is 13.9. The van der Waals surface area contributed by atoms with Gasteiger partial charge in [0.15, 0.2) is 17.1 Å². The van der Waals surface area contributed by atoms with Crippen LogP contribution in [-0.4, -0.2) is 83.2 Å². The maximum atomic E-state index is 10.3. The molecule has 1 aliphatic rings. The zero-order valence-electron chi connectivity index (χ0n) is 23.6. The van der Waals surface area contributed by atoms with Crippen molar-refractivity contribution in [3.63, 3.8) is 0 Å². The summed E-state index contributed by atoms with van der Waals surface area (Å²) in [4.78, 5) is 32.7. The summed E-state index contributed by atoms with van der Waals surface area (Å²) in [6.07, 6.45) is -2.70. The smallest absolute Gasteiger partial charge is 0.336 e. The molecule has 2 heterocycles. The van der Waals surface area contributed by atoms with Crippen molar-refractivity contribution in [3.05, 3.63) is 71.0 Å². The second-order valence-electron chi connectivity index (χ2n) is 10.2. The molecule has 0 bridgehead atoms. The molecule has 4 rings (SSSR count). The van der Waals surface area contributed by atoms with Crippen molar-refractivity contribution in [1.29, 1.82) is 0 Å². The molecule has 1 unspecified atom stereocenters. The molecule has 3 aromatic rings. The van der Waals surface area contributed by atoms with E-state index >= 15 is 0 Å². The molecule has 13 nitrogen and oxygen atoms in total. The molecule has 0 saturated heterocycles. The third-order valence-electron chi connectivity index (χ3n) is 6.22. The van der Waals surface area contributed by atoms with Crippen LogP contribution in [0.3, 0.4) is 0 Å². The summed E-state index contributed by atoms with van der Waals surface area (Å²) in [7, 11) is 0. The predicted molar refractivity (Wildman–Crippen MR) is 148 cm³/mol. The normalized spacial score (nSPS) is 12.9. The molecule has 5 N–H and O–H groups in total. The second-order valence-corrected chi connectivity index (χ2v) is 10.2. The number of carboxylic acid groups (broad SMARTS) is 3. The van der Waals surface area contributed by atoms with Gasteiger partial charge in [-0.2, -0.15) is 5.10 Å². The lowest BCUT2D eigenvalue weighted by atomic mass is 9.96. The summed E-state index contributed by atoms with van der Waals surface area (Å²) < 4.78 is 12.9. The first-order valence-corrected chi connectivity index (χ1v) is 13.1. The van der Waals surface area contributed by atoms with E-state index in [0.717, 1.165) is 40.7 Å². The van der Waals surface area contributed by atoms with Crippen LogP contribution < -0.4 is 9.47 Å². The minimum Gasteiger partial charge on any atom is -0.481 e. The lowest BCUT2D eigenvalue weighted by Gasteiger charge is -2.24. The molecule has 0 saturated carbocycles. The van der Waals surface area contributed by atoms with Gasteiger partial charge < -0.3 is 35.0 Å². The number of hydrogen-bond acceptors (Lipinski definition) is 9. The molecule has 13 heteroatoms. The fourth-order valence-corrected chi connectivity index (χ4v) is 4.51. The van der Waals surface area contributed by atoms with Gasteiger partial charge in [-0.25, -0.2) is 9.48 Å². The molecule has 0 radical (unpaired) electrons. The van der Waals surface area contributed by atoms with E-state index in [4.69, 9.17) is 29.9 Å². The zero-order valence-corrected chi connectivity index (χ0v) is 23.6. The first kappa shape index (κ1) is 32.1. The number of aryl methyl sites for hydroxylation is 2. The van der Waals surface area contributed by atoms with Crippen LogP contribution in [0, 0.1) is 13.8 Å². The van der Waals surface area contributed by atoms with Crippen molar-refractivity contribution < 1.29 is 49.4 Å². The van der Waals surface area contributed by atoms with Crippen LogP contribution >= 0.6 is 0 Å². The van der Waals surface area contributed by atoms with Crippen molar-refractivity contribution in [2.45, 2.75) is 58.4 Å². The molecule has 42 heavy (non-hydrogen) atoms. The van der Waals surface area contributed by atoms with Crippen LogP contribution in [0.25, 0.3) is 5.69 Å². The Morgan fingerprint density at radius 3 is 2.12 bits per heavy atom. The summed E-state index contributed by atoms with van der Waals surface area (Å²) in [5, 5.41) is 48.4. The first-order valence-electron chi connectivity index (χ1n) is 13.1. The summed E-state index contributed by atoms with van der Waals surface area (Å²) in [5.74, 6) is -3.45. The molecule has 0 aliphatic carbocycles. The van der Waals surface area contributed by atoms with Crippen LogP contribution in [0.1, 0.15) is 42.3 Å². The van der Waals surface area contributed by atoms with Crippen LogP contribution in [0.4, 0.5) is 0 Å². The number of ether oxygens (including phenoxy) is 2. The maximum absolute atomic E-state index is 10.3. The Morgan fingerprint density at radius 1 is 0.952 bits per heavy atom. The number of aliphatic carboxylic acids is 3. The number of carboxylic acids is 3. The van der Waals surface area contributed by atoms with Crippen molar-refractivity contribution in [2.24, 2.45) is 0 Å². The Kier molecular flexibility index (Phi) is 10.6. The van der Waals surface area contributed by atoms with Gasteiger partial charge in [-0.15, -0.1) is 0 Å². The van der Waals surface area contributed by atoms with E-state index in [1.54, 1.807) is 0 Å². The highest BCUT2D eigenvalue weighted by Crippen LogP contribution is 2.33. The summed E-state index contributed by atoms with van der Waals surface area (Å²) in [6, 6.07) is 16.5. The monoisotopic (exact) mass is 585 g/mol. The predicted octanol–water partition coefficient (Wildman–Crippen LogP) is 2.35. The van der Waals surface area contributed by atoms with E-state index in [9.17, 15) is 19.5 Å².